The van der Waals surface area contributed by atoms with Crippen LogP contribution >= 0.6 is 15.9 Å². The zero-order valence-corrected chi connectivity index (χ0v) is 8.96. The number of benzene rings is 1. The number of aryl methyl sites for hydroxylation is 1. The van der Waals surface area contributed by atoms with Gasteiger partial charge in [-0.05, 0) is 40.5 Å². The minimum absolute atomic E-state index is 0.447. The second-order valence-electron chi connectivity index (χ2n) is 2.74. The number of aliphatic carboxylic acids is 1. The SMILES string of the molecule is Cc1ccc(NC(=O)C(=O)O)c(Br)c1. The molecule has 0 heterocycles. The van der Waals surface area contributed by atoms with Gasteiger partial charge in [-0.2, -0.15) is 0 Å². The largest absolute Gasteiger partial charge is 0.474 e. The number of nitrogens with one attached hydrogen (secondary N) is 1. The van der Waals surface area contributed by atoms with E-state index >= 15 is 0 Å². The molecule has 0 saturated carbocycles. The Kier molecular flexibility index (Phi) is 3.24. The topological polar surface area (TPSA) is 66.4 Å². The molecule has 0 spiro atoms. The molecule has 0 fully saturated rings. The van der Waals surface area contributed by atoms with Crippen LogP contribution in [0.4, 0.5) is 5.69 Å². The van der Waals surface area contributed by atoms with Crippen molar-refractivity contribution in [2.75, 3.05) is 5.32 Å². The van der Waals surface area contributed by atoms with Crippen molar-refractivity contribution in [3.63, 3.8) is 0 Å². The number of hydrogen-bond donors (Lipinski definition) is 2. The lowest BCUT2D eigenvalue weighted by Crippen LogP contribution is -2.21. The Morgan fingerprint density at radius 1 is 1.43 bits per heavy atom. The molecule has 1 aromatic rings. The summed E-state index contributed by atoms with van der Waals surface area (Å²) in [4.78, 5) is 21.1. The van der Waals surface area contributed by atoms with Crippen LogP contribution in [0.25, 0.3) is 0 Å². The summed E-state index contributed by atoms with van der Waals surface area (Å²) >= 11 is 3.22. The average Bonchev–Trinajstić information content (AvgIpc) is 2.09. The predicted molar refractivity (Wildman–Crippen MR) is 55.1 cm³/mol. The first-order valence-corrected chi connectivity index (χ1v) is 4.60. The van der Waals surface area contributed by atoms with Crippen molar-refractivity contribution in [1.82, 2.24) is 0 Å². The van der Waals surface area contributed by atoms with Crippen LogP contribution in [0.15, 0.2) is 22.7 Å². The molecule has 0 saturated heterocycles. The Hall–Kier alpha value is -1.36. The van der Waals surface area contributed by atoms with E-state index in [1.165, 1.54) is 0 Å². The summed E-state index contributed by atoms with van der Waals surface area (Å²) in [6.45, 7) is 1.90. The van der Waals surface area contributed by atoms with Crippen molar-refractivity contribution in [3.05, 3.63) is 28.2 Å². The summed E-state index contributed by atoms with van der Waals surface area (Å²) in [5, 5.41) is 10.6. The second-order valence-corrected chi connectivity index (χ2v) is 3.60. The van der Waals surface area contributed by atoms with Gasteiger partial charge >= 0.3 is 11.9 Å². The van der Waals surface area contributed by atoms with Gasteiger partial charge in [-0.25, -0.2) is 4.79 Å². The van der Waals surface area contributed by atoms with Crippen LogP contribution in [0.5, 0.6) is 0 Å². The van der Waals surface area contributed by atoms with Gasteiger partial charge in [0.1, 0.15) is 0 Å². The summed E-state index contributed by atoms with van der Waals surface area (Å²) in [5.74, 6) is -2.55. The van der Waals surface area contributed by atoms with E-state index < -0.39 is 11.9 Å². The first kappa shape index (κ1) is 10.7. The first-order valence-electron chi connectivity index (χ1n) is 3.81. The number of rotatable bonds is 1. The number of carbonyl (C=O) groups is 2. The third-order valence-electron chi connectivity index (χ3n) is 1.57. The molecular weight excluding hydrogens is 250 g/mol. The number of hydrogen-bond acceptors (Lipinski definition) is 2. The number of halogens is 1. The van der Waals surface area contributed by atoms with E-state index in [-0.39, 0.29) is 0 Å². The molecule has 1 amide bonds. The normalized spacial score (nSPS) is 9.57. The number of anilines is 1. The molecular formula is C9H8BrNO3. The lowest BCUT2D eigenvalue weighted by molar-refractivity contribution is -0.147. The molecule has 0 aliphatic heterocycles. The lowest BCUT2D eigenvalue weighted by atomic mass is 10.2. The highest BCUT2D eigenvalue weighted by atomic mass is 79.9. The molecule has 4 nitrogen and oxygen atoms in total. The van der Waals surface area contributed by atoms with Crippen molar-refractivity contribution >= 4 is 33.5 Å². The predicted octanol–water partition coefficient (Wildman–Crippen LogP) is 1.78. The minimum Gasteiger partial charge on any atom is -0.474 e. The molecule has 1 rings (SSSR count). The third kappa shape index (κ3) is 2.56. The number of carboxylic acids is 1. The molecule has 0 unspecified atom stereocenters. The molecule has 14 heavy (non-hydrogen) atoms. The van der Waals surface area contributed by atoms with Crippen LogP contribution in [0.2, 0.25) is 0 Å². The van der Waals surface area contributed by atoms with Crippen LogP contribution in [0, 0.1) is 6.92 Å². The van der Waals surface area contributed by atoms with Gasteiger partial charge in [0.2, 0.25) is 0 Å². The smallest absolute Gasteiger partial charge is 0.394 e. The Balaban J connectivity index is 2.87. The van der Waals surface area contributed by atoms with Crippen LogP contribution < -0.4 is 5.32 Å². The lowest BCUT2D eigenvalue weighted by Gasteiger charge is -2.05. The Morgan fingerprint density at radius 2 is 2.07 bits per heavy atom. The molecule has 0 aromatic heterocycles. The summed E-state index contributed by atoms with van der Waals surface area (Å²) < 4.78 is 0.659. The zero-order chi connectivity index (χ0) is 10.7. The van der Waals surface area contributed by atoms with Crippen molar-refractivity contribution < 1.29 is 14.7 Å². The first-order chi connectivity index (χ1) is 6.50. The fourth-order valence-electron chi connectivity index (χ4n) is 0.897. The maximum absolute atomic E-state index is 10.8. The van der Waals surface area contributed by atoms with Crippen LogP contribution in [-0.4, -0.2) is 17.0 Å². The molecule has 0 radical (unpaired) electrons. The summed E-state index contributed by atoms with van der Waals surface area (Å²) in [5.41, 5.74) is 1.47. The number of carbonyl (C=O) groups excluding carboxylic acids is 1. The fourth-order valence-corrected chi connectivity index (χ4v) is 1.49. The van der Waals surface area contributed by atoms with Crippen LogP contribution in [-0.2, 0) is 9.59 Å². The number of carboxylic acid groups (broad SMARTS) is 1. The summed E-state index contributed by atoms with van der Waals surface area (Å²) in [7, 11) is 0. The molecule has 5 heteroatoms. The van der Waals surface area contributed by atoms with E-state index in [1.807, 2.05) is 6.92 Å². The molecule has 0 aliphatic carbocycles. The number of amides is 1. The Morgan fingerprint density at radius 3 is 2.57 bits per heavy atom. The second kappa shape index (κ2) is 4.23. The van der Waals surface area contributed by atoms with Gasteiger partial charge in [0.05, 0.1) is 5.69 Å². The third-order valence-corrected chi connectivity index (χ3v) is 2.22. The molecule has 2 N–H and O–H groups in total. The van der Waals surface area contributed by atoms with E-state index in [4.69, 9.17) is 5.11 Å². The van der Waals surface area contributed by atoms with Gasteiger partial charge in [0, 0.05) is 4.47 Å². The Labute approximate surface area is 89.1 Å². The minimum atomic E-state index is -1.50. The highest BCUT2D eigenvalue weighted by Gasteiger charge is 2.12. The Bertz CT molecular complexity index is 390. The highest BCUT2D eigenvalue weighted by Crippen LogP contribution is 2.23. The molecule has 0 bridgehead atoms. The zero-order valence-electron chi connectivity index (χ0n) is 7.37. The molecule has 0 aliphatic rings. The molecule has 74 valence electrons. The molecule has 1 aromatic carbocycles. The van der Waals surface area contributed by atoms with Crippen LogP contribution in [0.3, 0.4) is 0 Å². The van der Waals surface area contributed by atoms with Gasteiger partial charge < -0.3 is 10.4 Å². The van der Waals surface area contributed by atoms with Gasteiger partial charge in [0.25, 0.3) is 0 Å². The average molecular weight is 258 g/mol. The maximum Gasteiger partial charge on any atom is 0.394 e. The van der Waals surface area contributed by atoms with Gasteiger partial charge in [-0.3, -0.25) is 4.79 Å². The maximum atomic E-state index is 10.8. The van der Waals surface area contributed by atoms with E-state index in [9.17, 15) is 9.59 Å². The summed E-state index contributed by atoms with van der Waals surface area (Å²) in [6.07, 6.45) is 0. The van der Waals surface area contributed by atoms with Gasteiger partial charge in [-0.15, -0.1) is 0 Å². The van der Waals surface area contributed by atoms with E-state index in [0.717, 1.165) is 5.56 Å². The van der Waals surface area contributed by atoms with E-state index in [2.05, 4.69) is 21.2 Å². The van der Waals surface area contributed by atoms with Gasteiger partial charge in [0.15, 0.2) is 0 Å². The highest BCUT2D eigenvalue weighted by molar-refractivity contribution is 9.10. The van der Waals surface area contributed by atoms with Crippen molar-refractivity contribution in [1.29, 1.82) is 0 Å². The quantitative estimate of drug-likeness (QED) is 0.754. The van der Waals surface area contributed by atoms with E-state index in [0.29, 0.717) is 10.2 Å². The van der Waals surface area contributed by atoms with Crippen LogP contribution in [0.1, 0.15) is 5.56 Å². The van der Waals surface area contributed by atoms with Crippen molar-refractivity contribution in [2.45, 2.75) is 6.92 Å². The fraction of sp³-hybridized carbons (Fsp3) is 0.111. The molecule has 0 atom stereocenters. The van der Waals surface area contributed by atoms with E-state index in [1.54, 1.807) is 18.2 Å². The van der Waals surface area contributed by atoms with Crippen molar-refractivity contribution in [3.8, 4) is 0 Å². The monoisotopic (exact) mass is 257 g/mol. The van der Waals surface area contributed by atoms with Gasteiger partial charge in [-0.1, -0.05) is 6.07 Å². The van der Waals surface area contributed by atoms with Crippen molar-refractivity contribution in [2.24, 2.45) is 0 Å². The standard InChI is InChI=1S/C9H8BrNO3/c1-5-2-3-7(6(10)4-5)11-8(12)9(13)14/h2-4H,1H3,(H,11,12)(H,13,14). The summed E-state index contributed by atoms with van der Waals surface area (Å²) in [6, 6.07) is 5.21.